The van der Waals surface area contributed by atoms with E-state index in [4.69, 9.17) is 14.2 Å². The zero-order chi connectivity index (χ0) is 21.9. The molecule has 3 rings (SSSR count). The van der Waals surface area contributed by atoms with Crippen LogP contribution in [0.15, 0.2) is 16.9 Å². The van der Waals surface area contributed by atoms with E-state index in [9.17, 15) is 4.79 Å². The highest BCUT2D eigenvalue weighted by atomic mass is 16.5. The Balaban J connectivity index is 1.54. The average molecular weight is 432 g/mol. The molecule has 1 aromatic heterocycles. The van der Waals surface area contributed by atoms with Crippen LogP contribution in [0.25, 0.3) is 10.8 Å². The van der Waals surface area contributed by atoms with Gasteiger partial charge in [-0.25, -0.2) is 5.10 Å². The maximum atomic E-state index is 12.3. The molecule has 0 unspecified atom stereocenters. The number of anilines is 1. The summed E-state index contributed by atoms with van der Waals surface area (Å²) in [6.45, 7) is 9.50. The third kappa shape index (κ3) is 6.94. The summed E-state index contributed by atoms with van der Waals surface area (Å²) in [6, 6.07) is 3.92. The molecular formula is C24H37N3O4. The van der Waals surface area contributed by atoms with Crippen LogP contribution in [-0.4, -0.2) is 56.3 Å². The molecule has 0 atom stereocenters. The number of morpholine rings is 1. The third-order valence-corrected chi connectivity index (χ3v) is 5.74. The van der Waals surface area contributed by atoms with Crippen LogP contribution in [0, 0.1) is 6.92 Å². The molecule has 1 N–H and O–H groups in total. The molecule has 0 amide bonds. The fourth-order valence-electron chi connectivity index (χ4n) is 3.84. The van der Waals surface area contributed by atoms with Gasteiger partial charge in [0.05, 0.1) is 36.6 Å². The van der Waals surface area contributed by atoms with E-state index >= 15 is 0 Å². The van der Waals surface area contributed by atoms with Crippen LogP contribution in [0.1, 0.15) is 57.6 Å². The summed E-state index contributed by atoms with van der Waals surface area (Å²) in [5, 5.41) is 8.20. The first-order valence-corrected chi connectivity index (χ1v) is 11.8. The van der Waals surface area contributed by atoms with E-state index in [-0.39, 0.29) is 5.56 Å². The number of benzene rings is 1. The zero-order valence-corrected chi connectivity index (χ0v) is 19.1. The minimum Gasteiger partial charge on any atom is -0.491 e. The second-order valence-electron chi connectivity index (χ2n) is 8.19. The number of aromatic amines is 1. The van der Waals surface area contributed by atoms with E-state index in [1.54, 1.807) is 0 Å². The topological polar surface area (TPSA) is 76.7 Å². The molecule has 1 aliphatic rings. The number of aromatic nitrogens is 2. The van der Waals surface area contributed by atoms with E-state index in [0.29, 0.717) is 25.2 Å². The summed E-state index contributed by atoms with van der Waals surface area (Å²) >= 11 is 0. The molecule has 172 valence electrons. The number of fused-ring (bicyclic) bond motifs is 1. The Kier molecular flexibility index (Phi) is 9.62. The molecule has 0 saturated carbocycles. The number of aryl methyl sites for hydroxylation is 1. The Hall–Kier alpha value is -2.12. The molecule has 1 saturated heterocycles. The number of nitrogens with zero attached hydrogens (tertiary/aromatic N) is 2. The number of ether oxygens (including phenoxy) is 3. The molecule has 7 nitrogen and oxygen atoms in total. The van der Waals surface area contributed by atoms with Gasteiger partial charge in [0, 0.05) is 31.7 Å². The van der Waals surface area contributed by atoms with Gasteiger partial charge in [-0.3, -0.25) is 4.79 Å². The van der Waals surface area contributed by atoms with Gasteiger partial charge in [0.15, 0.2) is 0 Å². The largest absolute Gasteiger partial charge is 0.491 e. The lowest BCUT2D eigenvalue weighted by Gasteiger charge is -2.30. The van der Waals surface area contributed by atoms with E-state index in [1.807, 2.05) is 19.1 Å². The van der Waals surface area contributed by atoms with Gasteiger partial charge < -0.3 is 19.1 Å². The monoisotopic (exact) mass is 431 g/mol. The summed E-state index contributed by atoms with van der Waals surface area (Å²) in [7, 11) is 0. The molecular weight excluding hydrogens is 394 g/mol. The van der Waals surface area contributed by atoms with Crippen molar-refractivity contribution in [1.29, 1.82) is 0 Å². The van der Waals surface area contributed by atoms with Crippen molar-refractivity contribution in [3.8, 4) is 5.75 Å². The molecule has 31 heavy (non-hydrogen) atoms. The predicted molar refractivity (Wildman–Crippen MR) is 124 cm³/mol. The Labute approximate surface area is 185 Å². The van der Waals surface area contributed by atoms with Gasteiger partial charge in [-0.15, -0.1) is 0 Å². The molecule has 1 aliphatic heterocycles. The first kappa shape index (κ1) is 23.5. The fourth-order valence-corrected chi connectivity index (χ4v) is 3.84. The molecule has 2 aromatic rings. The van der Waals surface area contributed by atoms with Crippen LogP contribution in [0.4, 0.5) is 5.69 Å². The van der Waals surface area contributed by atoms with Gasteiger partial charge in [-0.2, -0.15) is 5.10 Å². The van der Waals surface area contributed by atoms with Crippen molar-refractivity contribution in [3.63, 3.8) is 0 Å². The van der Waals surface area contributed by atoms with Gasteiger partial charge in [-0.1, -0.05) is 32.6 Å². The Bertz CT molecular complexity index is 862. The van der Waals surface area contributed by atoms with Crippen LogP contribution >= 0.6 is 0 Å². The van der Waals surface area contributed by atoms with Crippen molar-refractivity contribution in [1.82, 2.24) is 10.2 Å². The Morgan fingerprint density at radius 3 is 2.48 bits per heavy atom. The zero-order valence-electron chi connectivity index (χ0n) is 19.1. The lowest BCUT2D eigenvalue weighted by Crippen LogP contribution is -2.36. The highest BCUT2D eigenvalue weighted by Crippen LogP contribution is 2.33. The quantitative estimate of drug-likeness (QED) is 0.479. The van der Waals surface area contributed by atoms with Crippen LogP contribution in [0.3, 0.4) is 0 Å². The Morgan fingerprint density at radius 1 is 1.00 bits per heavy atom. The number of nitrogens with one attached hydrogen (secondary N) is 1. The number of rotatable bonds is 13. The second-order valence-corrected chi connectivity index (χ2v) is 8.19. The van der Waals surface area contributed by atoms with Gasteiger partial charge in [0.2, 0.25) is 0 Å². The number of H-pyrrole nitrogens is 1. The first-order chi connectivity index (χ1) is 15.2. The van der Waals surface area contributed by atoms with Crippen molar-refractivity contribution >= 4 is 16.5 Å². The summed E-state index contributed by atoms with van der Waals surface area (Å²) in [5.74, 6) is 0.828. The molecule has 0 bridgehead atoms. The highest BCUT2D eigenvalue weighted by molar-refractivity contribution is 5.89. The second kappa shape index (κ2) is 12.7. The van der Waals surface area contributed by atoms with Crippen molar-refractivity contribution in [2.45, 2.75) is 58.8 Å². The molecule has 1 aromatic carbocycles. The number of unbranched alkanes of at least 4 members (excludes halogenated alkanes) is 5. The molecule has 0 aliphatic carbocycles. The molecule has 1 fully saturated rings. The Morgan fingerprint density at radius 2 is 1.71 bits per heavy atom. The van der Waals surface area contributed by atoms with Crippen LogP contribution in [0.5, 0.6) is 5.75 Å². The van der Waals surface area contributed by atoms with Crippen LogP contribution in [0.2, 0.25) is 0 Å². The van der Waals surface area contributed by atoms with E-state index in [0.717, 1.165) is 74.5 Å². The summed E-state index contributed by atoms with van der Waals surface area (Å²) < 4.78 is 17.3. The number of hydrogen-bond acceptors (Lipinski definition) is 6. The van der Waals surface area contributed by atoms with Crippen molar-refractivity contribution in [2.75, 3.05) is 51.0 Å². The summed E-state index contributed by atoms with van der Waals surface area (Å²) in [4.78, 5) is 14.6. The van der Waals surface area contributed by atoms with Crippen molar-refractivity contribution in [2.24, 2.45) is 0 Å². The minimum atomic E-state index is -0.166. The minimum absolute atomic E-state index is 0.166. The smallest absolute Gasteiger partial charge is 0.272 e. The van der Waals surface area contributed by atoms with Gasteiger partial charge in [-0.05, 0) is 38.3 Å². The van der Waals surface area contributed by atoms with Gasteiger partial charge >= 0.3 is 0 Å². The maximum Gasteiger partial charge on any atom is 0.272 e. The lowest BCUT2D eigenvalue weighted by atomic mass is 10.1. The van der Waals surface area contributed by atoms with E-state index < -0.39 is 0 Å². The molecule has 7 heteroatoms. The highest BCUT2D eigenvalue weighted by Gasteiger charge is 2.18. The van der Waals surface area contributed by atoms with Crippen molar-refractivity contribution < 1.29 is 14.2 Å². The van der Waals surface area contributed by atoms with E-state index in [1.165, 1.54) is 19.3 Å². The van der Waals surface area contributed by atoms with E-state index in [2.05, 4.69) is 22.0 Å². The van der Waals surface area contributed by atoms with Crippen LogP contribution in [-0.2, 0) is 9.47 Å². The summed E-state index contributed by atoms with van der Waals surface area (Å²) in [5.41, 5.74) is 1.60. The number of hydrogen-bond donors (Lipinski definition) is 1. The lowest BCUT2D eigenvalue weighted by molar-refractivity contribution is 0.122. The molecule has 0 radical (unpaired) electrons. The first-order valence-electron chi connectivity index (χ1n) is 11.8. The molecule has 0 spiro atoms. The van der Waals surface area contributed by atoms with Crippen LogP contribution < -0.4 is 15.2 Å². The third-order valence-electron chi connectivity index (χ3n) is 5.74. The SMILES string of the molecule is CCCCOCCCCCCCOc1cc2c(C)n[nH]c(=O)c2cc1N1CCOCC1. The standard InChI is InChI=1S/C24H37N3O4/c1-3-4-12-29-13-8-6-5-7-9-14-31-23-18-20-19(2)25-26-24(28)21(20)17-22(23)27-10-15-30-16-11-27/h17-18H,3-16H2,1-2H3,(H,26,28). The van der Waals surface area contributed by atoms with Gasteiger partial charge in [0.1, 0.15) is 5.75 Å². The fraction of sp³-hybridized carbons (Fsp3) is 0.667. The predicted octanol–water partition coefficient (Wildman–Crippen LogP) is 4.21. The summed E-state index contributed by atoms with van der Waals surface area (Å²) in [6.07, 6.45) is 8.05. The average Bonchev–Trinajstić information content (AvgIpc) is 2.80. The molecule has 2 heterocycles. The van der Waals surface area contributed by atoms with Gasteiger partial charge in [0.25, 0.3) is 5.56 Å². The maximum absolute atomic E-state index is 12.3. The van der Waals surface area contributed by atoms with Crippen molar-refractivity contribution in [3.05, 3.63) is 28.2 Å². The normalized spacial score (nSPS) is 14.3.